The van der Waals surface area contributed by atoms with E-state index < -0.39 is 31.1 Å². The predicted octanol–water partition coefficient (Wildman–Crippen LogP) is 3.10. The number of rotatable bonds is 4. The molecule has 2 N–H and O–H groups in total. The third-order valence-electron chi connectivity index (χ3n) is 2.08. The highest BCUT2D eigenvalue weighted by molar-refractivity contribution is 9.10. The van der Waals surface area contributed by atoms with Crippen LogP contribution in [0, 0.1) is 11.7 Å². The molecule has 0 aliphatic carbocycles. The highest BCUT2D eigenvalue weighted by atomic mass is 79.9. The molecule has 96 valence electrons. The molecule has 0 saturated heterocycles. The standard InChI is InChI=1S/C10H10BrF4NO/c11-8-2-1-7(12)3-9(8)17-5-6(4-16)10(13,14)15/h1-3,6H,4-5,16H2. The van der Waals surface area contributed by atoms with Crippen molar-refractivity contribution < 1.29 is 22.3 Å². The molecule has 1 aromatic carbocycles. The summed E-state index contributed by atoms with van der Waals surface area (Å²) >= 11 is 3.05. The fourth-order valence-electron chi connectivity index (χ4n) is 1.07. The molecule has 17 heavy (non-hydrogen) atoms. The van der Waals surface area contributed by atoms with Gasteiger partial charge in [0.25, 0.3) is 0 Å². The van der Waals surface area contributed by atoms with Gasteiger partial charge >= 0.3 is 6.18 Å². The average molecular weight is 316 g/mol. The van der Waals surface area contributed by atoms with E-state index in [1.54, 1.807) is 0 Å². The van der Waals surface area contributed by atoms with E-state index in [1.807, 2.05) is 0 Å². The molecule has 1 aromatic rings. The van der Waals surface area contributed by atoms with Crippen molar-refractivity contribution in [2.24, 2.45) is 11.7 Å². The van der Waals surface area contributed by atoms with Crippen LogP contribution in [-0.4, -0.2) is 19.3 Å². The highest BCUT2D eigenvalue weighted by Gasteiger charge is 2.39. The number of hydrogen-bond acceptors (Lipinski definition) is 2. The topological polar surface area (TPSA) is 35.2 Å². The van der Waals surface area contributed by atoms with Gasteiger partial charge in [-0.05, 0) is 28.1 Å². The van der Waals surface area contributed by atoms with Crippen LogP contribution in [0.2, 0.25) is 0 Å². The SMILES string of the molecule is NCC(COc1cc(F)ccc1Br)C(F)(F)F. The number of nitrogens with two attached hydrogens (primary N) is 1. The van der Waals surface area contributed by atoms with E-state index in [-0.39, 0.29) is 5.75 Å². The Morgan fingerprint density at radius 1 is 1.35 bits per heavy atom. The fourth-order valence-corrected chi connectivity index (χ4v) is 1.44. The second kappa shape index (κ2) is 5.68. The van der Waals surface area contributed by atoms with E-state index in [0.29, 0.717) is 4.47 Å². The summed E-state index contributed by atoms with van der Waals surface area (Å²) in [7, 11) is 0. The molecule has 0 aromatic heterocycles. The van der Waals surface area contributed by atoms with Crippen LogP contribution in [0.15, 0.2) is 22.7 Å². The molecule has 0 heterocycles. The number of benzene rings is 1. The van der Waals surface area contributed by atoms with Crippen molar-refractivity contribution in [1.29, 1.82) is 0 Å². The zero-order valence-corrected chi connectivity index (χ0v) is 10.2. The summed E-state index contributed by atoms with van der Waals surface area (Å²) in [5.41, 5.74) is 5.01. The molecule has 0 spiro atoms. The summed E-state index contributed by atoms with van der Waals surface area (Å²) in [4.78, 5) is 0. The van der Waals surface area contributed by atoms with E-state index in [9.17, 15) is 17.6 Å². The molecule has 0 radical (unpaired) electrons. The van der Waals surface area contributed by atoms with Crippen molar-refractivity contribution in [2.45, 2.75) is 6.18 Å². The molecule has 7 heteroatoms. The number of halogens is 5. The normalized spacial score (nSPS) is 13.5. The smallest absolute Gasteiger partial charge is 0.396 e. The summed E-state index contributed by atoms with van der Waals surface area (Å²) in [6.45, 7) is -1.21. The predicted molar refractivity (Wildman–Crippen MR) is 58.2 cm³/mol. The Morgan fingerprint density at radius 2 is 2.00 bits per heavy atom. The molecule has 0 amide bonds. The molecule has 1 rings (SSSR count). The van der Waals surface area contributed by atoms with Crippen molar-refractivity contribution in [2.75, 3.05) is 13.2 Å². The largest absolute Gasteiger partial charge is 0.492 e. The number of hydrogen-bond donors (Lipinski definition) is 1. The minimum absolute atomic E-state index is 0.0210. The van der Waals surface area contributed by atoms with Crippen molar-refractivity contribution >= 4 is 15.9 Å². The maximum absolute atomic E-state index is 12.8. The van der Waals surface area contributed by atoms with Crippen LogP contribution in [-0.2, 0) is 0 Å². The van der Waals surface area contributed by atoms with Crippen molar-refractivity contribution in [3.05, 3.63) is 28.5 Å². The van der Waals surface area contributed by atoms with Gasteiger partial charge < -0.3 is 10.5 Å². The van der Waals surface area contributed by atoms with E-state index in [0.717, 1.165) is 6.07 Å². The maximum atomic E-state index is 12.8. The lowest BCUT2D eigenvalue weighted by atomic mass is 10.1. The first-order valence-electron chi connectivity index (χ1n) is 4.69. The lowest BCUT2D eigenvalue weighted by molar-refractivity contribution is -0.178. The van der Waals surface area contributed by atoms with Gasteiger partial charge in [-0.3, -0.25) is 0 Å². The van der Waals surface area contributed by atoms with Gasteiger partial charge in [0.2, 0.25) is 0 Å². The van der Waals surface area contributed by atoms with Gasteiger partial charge in [0.1, 0.15) is 24.1 Å². The van der Waals surface area contributed by atoms with Gasteiger partial charge in [0.05, 0.1) is 4.47 Å². The van der Waals surface area contributed by atoms with Crippen LogP contribution in [0.3, 0.4) is 0 Å². The van der Waals surface area contributed by atoms with Gasteiger partial charge in [0.15, 0.2) is 0 Å². The number of alkyl halides is 3. The molecule has 1 atom stereocenters. The summed E-state index contributed by atoms with van der Waals surface area (Å²) in [5, 5.41) is 0. The van der Waals surface area contributed by atoms with Gasteiger partial charge in [-0.1, -0.05) is 0 Å². The summed E-state index contributed by atoms with van der Waals surface area (Å²) in [6, 6.07) is 3.53. The Kier molecular flexibility index (Phi) is 4.76. The Morgan fingerprint density at radius 3 is 2.53 bits per heavy atom. The van der Waals surface area contributed by atoms with Crippen LogP contribution in [0.25, 0.3) is 0 Å². The first-order chi connectivity index (χ1) is 7.84. The van der Waals surface area contributed by atoms with Crippen molar-refractivity contribution in [3.8, 4) is 5.75 Å². The molecule has 1 unspecified atom stereocenters. The molecule has 0 saturated carbocycles. The van der Waals surface area contributed by atoms with E-state index in [4.69, 9.17) is 10.5 Å². The molecule has 0 fully saturated rings. The Balaban J connectivity index is 2.69. The van der Waals surface area contributed by atoms with Crippen LogP contribution in [0.5, 0.6) is 5.75 Å². The summed E-state index contributed by atoms with van der Waals surface area (Å²) < 4.78 is 55.2. The second-order valence-corrected chi connectivity index (χ2v) is 4.21. The first kappa shape index (κ1) is 14.2. The fraction of sp³-hybridized carbons (Fsp3) is 0.400. The maximum Gasteiger partial charge on any atom is 0.396 e. The third-order valence-corrected chi connectivity index (χ3v) is 2.74. The average Bonchev–Trinajstić information content (AvgIpc) is 2.22. The Hall–Kier alpha value is -0.820. The molecule has 0 aliphatic heterocycles. The first-order valence-corrected chi connectivity index (χ1v) is 5.48. The number of ether oxygens (including phenoxy) is 1. The van der Waals surface area contributed by atoms with Crippen molar-refractivity contribution in [1.82, 2.24) is 0 Å². The molecular formula is C10H10BrF4NO. The van der Waals surface area contributed by atoms with Crippen LogP contribution >= 0.6 is 15.9 Å². The van der Waals surface area contributed by atoms with Gasteiger partial charge in [-0.2, -0.15) is 13.2 Å². The van der Waals surface area contributed by atoms with Crippen LogP contribution < -0.4 is 10.5 Å². The van der Waals surface area contributed by atoms with Crippen LogP contribution in [0.1, 0.15) is 0 Å². The Bertz CT molecular complexity index is 383. The molecular weight excluding hydrogens is 306 g/mol. The van der Waals surface area contributed by atoms with Gasteiger partial charge in [-0.15, -0.1) is 0 Å². The lowest BCUT2D eigenvalue weighted by Crippen LogP contribution is -2.35. The van der Waals surface area contributed by atoms with E-state index in [2.05, 4.69) is 15.9 Å². The quantitative estimate of drug-likeness (QED) is 0.867. The zero-order valence-electron chi connectivity index (χ0n) is 8.60. The molecule has 2 nitrogen and oxygen atoms in total. The summed E-state index contributed by atoms with van der Waals surface area (Å²) in [6.07, 6.45) is -4.42. The van der Waals surface area contributed by atoms with Gasteiger partial charge in [0, 0.05) is 12.6 Å². The summed E-state index contributed by atoms with van der Waals surface area (Å²) in [5.74, 6) is -2.33. The monoisotopic (exact) mass is 315 g/mol. The van der Waals surface area contributed by atoms with Crippen molar-refractivity contribution in [3.63, 3.8) is 0 Å². The minimum atomic E-state index is -4.42. The minimum Gasteiger partial charge on any atom is -0.492 e. The van der Waals surface area contributed by atoms with E-state index in [1.165, 1.54) is 12.1 Å². The van der Waals surface area contributed by atoms with E-state index >= 15 is 0 Å². The zero-order chi connectivity index (χ0) is 13.1. The second-order valence-electron chi connectivity index (χ2n) is 3.36. The highest BCUT2D eigenvalue weighted by Crippen LogP contribution is 2.29. The third kappa shape index (κ3) is 4.16. The molecule has 0 aliphatic rings. The molecule has 0 bridgehead atoms. The Labute approximate surface area is 104 Å². The van der Waals surface area contributed by atoms with Crippen LogP contribution in [0.4, 0.5) is 17.6 Å². The lowest BCUT2D eigenvalue weighted by Gasteiger charge is -2.19. The van der Waals surface area contributed by atoms with Gasteiger partial charge in [-0.25, -0.2) is 4.39 Å².